The quantitative estimate of drug-likeness (QED) is 0.194. The fourth-order valence-electron chi connectivity index (χ4n) is 4.62. The minimum atomic E-state index is 0. The van der Waals surface area contributed by atoms with Gasteiger partial charge in [0, 0.05) is 27.9 Å². The van der Waals surface area contributed by atoms with E-state index in [2.05, 4.69) is 88.4 Å². The third-order valence-electron chi connectivity index (χ3n) is 6.65. The Morgan fingerprint density at radius 1 is 0.436 bits per heavy atom. The first-order chi connectivity index (χ1) is 18.5. The summed E-state index contributed by atoms with van der Waals surface area (Å²) in [6.07, 6.45) is 0. The molecule has 0 spiro atoms. The zero-order valence-electron chi connectivity index (χ0n) is 22.6. The maximum absolute atomic E-state index is 5.20. The number of pyridine rings is 1. The molecule has 4 heteroatoms. The molecule has 0 aliphatic carbocycles. The van der Waals surface area contributed by atoms with Crippen LogP contribution in [0.1, 0.15) is 44.8 Å². The first-order valence-corrected chi connectivity index (χ1v) is 12.9. The number of rotatable bonds is 6. The summed E-state index contributed by atoms with van der Waals surface area (Å²) in [4.78, 5) is 15.6. The second-order valence-corrected chi connectivity index (χ2v) is 9.54. The van der Waals surface area contributed by atoms with E-state index in [1.54, 1.807) is 0 Å². The van der Waals surface area contributed by atoms with Crippen molar-refractivity contribution in [2.75, 3.05) is 0 Å². The van der Waals surface area contributed by atoms with E-state index in [-0.39, 0.29) is 16.8 Å². The number of nitrogens with zero attached hydrogens (tertiary/aromatic N) is 3. The molecule has 5 aromatic rings. The molecule has 0 saturated carbocycles. The number of para-hydroxylation sites is 2. The van der Waals surface area contributed by atoms with Gasteiger partial charge >= 0.3 is 0 Å². The molecule has 0 unspecified atom stereocenters. The summed E-state index contributed by atoms with van der Waals surface area (Å²) in [7, 11) is 0. The molecule has 1 radical (unpaired) electrons. The van der Waals surface area contributed by atoms with Crippen LogP contribution in [0.5, 0.6) is 0 Å². The molecule has 195 valence electrons. The van der Waals surface area contributed by atoms with Gasteiger partial charge in [0.25, 0.3) is 0 Å². The van der Waals surface area contributed by atoms with Gasteiger partial charge in [-0.3, -0.25) is 0 Å². The van der Waals surface area contributed by atoms with E-state index in [9.17, 15) is 0 Å². The minimum absolute atomic E-state index is 0. The second kappa shape index (κ2) is 12.6. The summed E-state index contributed by atoms with van der Waals surface area (Å²) in [5, 5.41) is 0. The average molecular weight is 553 g/mol. The molecule has 0 bridgehead atoms. The second-order valence-electron chi connectivity index (χ2n) is 9.54. The van der Waals surface area contributed by atoms with Crippen LogP contribution in [0.15, 0.2) is 125 Å². The molecule has 0 atom stereocenters. The van der Waals surface area contributed by atoms with E-state index in [1.807, 2.05) is 54.6 Å². The summed E-state index contributed by atoms with van der Waals surface area (Å²) in [6.45, 7) is 8.40. The predicted octanol–water partition coefficient (Wildman–Crippen LogP) is 8.65. The third kappa shape index (κ3) is 6.31. The van der Waals surface area contributed by atoms with Crippen molar-refractivity contribution < 1.29 is 16.8 Å². The van der Waals surface area contributed by atoms with Gasteiger partial charge in [-0.05, 0) is 62.1 Å². The zero-order valence-corrected chi connectivity index (χ0v) is 23.7. The number of aryl methyl sites for hydroxylation is 4. The zero-order chi connectivity index (χ0) is 26.5. The van der Waals surface area contributed by atoms with E-state index in [1.165, 1.54) is 0 Å². The minimum Gasteiger partial charge on any atom is -0.246 e. The maximum Gasteiger partial charge on any atom is 0.0966 e. The Morgan fingerprint density at radius 3 is 1.13 bits per heavy atom. The molecule has 0 fully saturated rings. The van der Waals surface area contributed by atoms with E-state index in [0.29, 0.717) is 0 Å². The van der Waals surface area contributed by atoms with E-state index in [0.717, 1.165) is 67.6 Å². The number of hydrogen-bond donors (Lipinski definition) is 0. The average Bonchev–Trinajstić information content (AvgIpc) is 2.94. The van der Waals surface area contributed by atoms with E-state index in [4.69, 9.17) is 15.0 Å². The van der Waals surface area contributed by atoms with Gasteiger partial charge in [0.2, 0.25) is 0 Å². The van der Waals surface area contributed by atoms with Crippen LogP contribution in [0, 0.1) is 27.7 Å². The van der Waals surface area contributed by atoms with Crippen molar-refractivity contribution in [2.45, 2.75) is 27.7 Å². The summed E-state index contributed by atoms with van der Waals surface area (Å²) in [5.41, 5.74) is 11.8. The SMILES string of the molecule is Cc1cccc(C)c1N=C(c1ccccc1)c1cccc(C(=Nc2c(C)cccc2C)c2ccccc2)n1.[Co]. The van der Waals surface area contributed by atoms with Gasteiger partial charge in [-0.25, -0.2) is 15.0 Å². The standard InChI is InChI=1S/C35H31N3.Co/c1-24-14-11-15-25(2)32(24)37-34(28-18-7-5-8-19-28)30-22-13-23-31(36-30)35(29-20-9-6-10-21-29)38-33-26(3)16-12-17-27(33)4;/h5-23H,1-4H3;. The van der Waals surface area contributed by atoms with Gasteiger partial charge in [0.15, 0.2) is 0 Å². The number of hydrogen-bond acceptors (Lipinski definition) is 3. The van der Waals surface area contributed by atoms with Gasteiger partial charge in [-0.1, -0.05) is 103 Å². The molecular formula is C35H31CoN3. The van der Waals surface area contributed by atoms with Crippen LogP contribution in [0.4, 0.5) is 11.4 Å². The fraction of sp³-hybridized carbons (Fsp3) is 0.114. The monoisotopic (exact) mass is 552 g/mol. The van der Waals surface area contributed by atoms with Crippen molar-refractivity contribution in [1.29, 1.82) is 0 Å². The molecule has 39 heavy (non-hydrogen) atoms. The molecular weight excluding hydrogens is 521 g/mol. The normalized spacial score (nSPS) is 11.7. The number of aromatic nitrogens is 1. The molecule has 0 N–H and O–H groups in total. The number of benzene rings is 4. The predicted molar refractivity (Wildman–Crippen MR) is 160 cm³/mol. The Hall–Kier alpha value is -4.12. The first kappa shape index (κ1) is 27.9. The molecule has 0 aliphatic rings. The smallest absolute Gasteiger partial charge is 0.0966 e. The van der Waals surface area contributed by atoms with Crippen LogP contribution < -0.4 is 0 Å². The Kier molecular flexibility index (Phi) is 9.02. The van der Waals surface area contributed by atoms with E-state index < -0.39 is 0 Å². The molecule has 4 aromatic carbocycles. The largest absolute Gasteiger partial charge is 0.246 e. The summed E-state index contributed by atoms with van der Waals surface area (Å²) < 4.78 is 0. The van der Waals surface area contributed by atoms with Crippen LogP contribution in [0.3, 0.4) is 0 Å². The topological polar surface area (TPSA) is 37.6 Å². The molecule has 0 aliphatic heterocycles. The van der Waals surface area contributed by atoms with E-state index >= 15 is 0 Å². The molecule has 1 aromatic heterocycles. The van der Waals surface area contributed by atoms with Gasteiger partial charge in [-0.2, -0.15) is 0 Å². The number of aliphatic imine (C=N–C) groups is 2. The fourth-order valence-corrected chi connectivity index (χ4v) is 4.62. The van der Waals surface area contributed by atoms with Crippen molar-refractivity contribution in [2.24, 2.45) is 9.98 Å². The molecule has 5 rings (SSSR count). The van der Waals surface area contributed by atoms with Crippen LogP contribution >= 0.6 is 0 Å². The van der Waals surface area contributed by atoms with Crippen molar-refractivity contribution in [3.8, 4) is 0 Å². The molecule has 3 nitrogen and oxygen atoms in total. The van der Waals surface area contributed by atoms with Gasteiger partial charge < -0.3 is 0 Å². The summed E-state index contributed by atoms with van der Waals surface area (Å²) in [5.74, 6) is 0. The van der Waals surface area contributed by atoms with Crippen molar-refractivity contribution in [1.82, 2.24) is 4.98 Å². The van der Waals surface area contributed by atoms with Gasteiger partial charge in [-0.15, -0.1) is 0 Å². The van der Waals surface area contributed by atoms with Crippen LogP contribution in [-0.2, 0) is 16.8 Å². The van der Waals surface area contributed by atoms with Gasteiger partial charge in [0.1, 0.15) is 0 Å². The van der Waals surface area contributed by atoms with Crippen molar-refractivity contribution in [3.05, 3.63) is 160 Å². The Morgan fingerprint density at radius 2 is 0.769 bits per heavy atom. The molecule has 1 heterocycles. The Bertz CT molecular complexity index is 1480. The van der Waals surface area contributed by atoms with Crippen LogP contribution in [0.2, 0.25) is 0 Å². The van der Waals surface area contributed by atoms with Crippen molar-refractivity contribution in [3.63, 3.8) is 0 Å². The Labute approximate surface area is 241 Å². The Balaban J connectivity index is 0.00000353. The summed E-state index contributed by atoms with van der Waals surface area (Å²) in [6, 6.07) is 39.2. The third-order valence-corrected chi connectivity index (χ3v) is 6.65. The maximum atomic E-state index is 5.20. The molecule has 0 amide bonds. The molecule has 0 saturated heterocycles. The first-order valence-electron chi connectivity index (χ1n) is 12.9. The van der Waals surface area contributed by atoms with Crippen LogP contribution in [-0.4, -0.2) is 16.4 Å². The van der Waals surface area contributed by atoms with Gasteiger partial charge in [0.05, 0.1) is 34.2 Å². The van der Waals surface area contributed by atoms with Crippen molar-refractivity contribution >= 4 is 22.8 Å². The van der Waals surface area contributed by atoms with Crippen LogP contribution in [0.25, 0.3) is 0 Å². The summed E-state index contributed by atoms with van der Waals surface area (Å²) >= 11 is 0.